The highest BCUT2D eigenvalue weighted by Crippen LogP contribution is 2.27. The molecule has 1 aromatic heterocycles. The van der Waals surface area contributed by atoms with Crippen LogP contribution in [0, 0.1) is 6.92 Å². The van der Waals surface area contributed by atoms with E-state index in [1.807, 2.05) is 0 Å². The summed E-state index contributed by atoms with van der Waals surface area (Å²) in [5.74, 6) is -0.331. The van der Waals surface area contributed by atoms with Crippen molar-refractivity contribution in [3.05, 3.63) is 46.2 Å². The highest BCUT2D eigenvalue weighted by molar-refractivity contribution is 5.77. The van der Waals surface area contributed by atoms with E-state index in [1.165, 1.54) is 6.07 Å². The Kier molecular flexibility index (Phi) is 3.24. The number of carbonyl (C=O) groups is 1. The van der Waals surface area contributed by atoms with E-state index in [-0.39, 0.29) is 11.6 Å². The fourth-order valence-corrected chi connectivity index (χ4v) is 1.87. The standard InChI is InChI=1S/C13H13N3O3/c1-8-5-11(18)16(13(19)12(8)15-7-17)10-4-2-3-9(14)6-10/h2-7,19H,14H2,1H3,(H,15,17). The molecule has 0 aliphatic rings. The third-order valence-corrected chi connectivity index (χ3v) is 2.72. The first-order valence-corrected chi connectivity index (χ1v) is 5.56. The molecule has 2 aromatic rings. The quantitative estimate of drug-likeness (QED) is 0.566. The third-order valence-electron chi connectivity index (χ3n) is 2.72. The number of anilines is 2. The van der Waals surface area contributed by atoms with Gasteiger partial charge >= 0.3 is 0 Å². The number of benzene rings is 1. The Labute approximate surface area is 109 Å². The van der Waals surface area contributed by atoms with Crippen LogP contribution in [0.25, 0.3) is 5.69 Å². The van der Waals surface area contributed by atoms with Gasteiger partial charge in [0.2, 0.25) is 12.3 Å². The minimum atomic E-state index is -0.406. The predicted octanol–water partition coefficient (Wildman–Crippen LogP) is 1.00. The first-order chi connectivity index (χ1) is 9.04. The highest BCUT2D eigenvalue weighted by atomic mass is 16.3. The molecule has 0 unspecified atom stereocenters. The van der Waals surface area contributed by atoms with Crippen LogP contribution < -0.4 is 16.6 Å². The van der Waals surface area contributed by atoms with E-state index in [4.69, 9.17) is 5.73 Å². The number of aromatic nitrogens is 1. The van der Waals surface area contributed by atoms with E-state index in [9.17, 15) is 14.7 Å². The van der Waals surface area contributed by atoms with Gasteiger partial charge in [-0.25, -0.2) is 4.57 Å². The number of aromatic hydroxyl groups is 1. The van der Waals surface area contributed by atoms with Gasteiger partial charge in [0.1, 0.15) is 5.69 Å². The number of nitrogens with two attached hydrogens (primary N) is 1. The average Bonchev–Trinajstić information content (AvgIpc) is 2.34. The van der Waals surface area contributed by atoms with E-state index in [2.05, 4.69) is 5.32 Å². The number of nitrogens with zero attached hydrogens (tertiary/aromatic N) is 1. The molecule has 0 saturated carbocycles. The third kappa shape index (κ3) is 2.28. The maximum Gasteiger partial charge on any atom is 0.258 e. The van der Waals surface area contributed by atoms with Gasteiger partial charge in [-0.15, -0.1) is 0 Å². The lowest BCUT2D eigenvalue weighted by Gasteiger charge is -2.14. The number of hydrogen-bond donors (Lipinski definition) is 3. The number of nitrogens with one attached hydrogen (secondary N) is 1. The normalized spacial score (nSPS) is 10.2. The minimum absolute atomic E-state index is 0.192. The van der Waals surface area contributed by atoms with Crippen molar-refractivity contribution in [2.75, 3.05) is 11.1 Å². The van der Waals surface area contributed by atoms with Gasteiger partial charge in [0, 0.05) is 11.8 Å². The maximum absolute atomic E-state index is 12.0. The molecule has 1 heterocycles. The highest BCUT2D eigenvalue weighted by Gasteiger charge is 2.13. The van der Waals surface area contributed by atoms with Crippen LogP contribution in [0.15, 0.2) is 35.1 Å². The van der Waals surface area contributed by atoms with Crippen LogP contribution in [0.2, 0.25) is 0 Å². The maximum atomic E-state index is 12.0. The van der Waals surface area contributed by atoms with Crippen LogP contribution in [-0.2, 0) is 4.79 Å². The van der Waals surface area contributed by atoms with Gasteiger partial charge < -0.3 is 16.2 Å². The van der Waals surface area contributed by atoms with Crippen LogP contribution in [0.3, 0.4) is 0 Å². The topological polar surface area (TPSA) is 97.3 Å². The lowest BCUT2D eigenvalue weighted by atomic mass is 10.2. The summed E-state index contributed by atoms with van der Waals surface area (Å²) in [6.45, 7) is 1.62. The molecule has 0 radical (unpaired) electrons. The van der Waals surface area contributed by atoms with Gasteiger partial charge in [-0.05, 0) is 30.7 Å². The van der Waals surface area contributed by atoms with Gasteiger partial charge in [-0.1, -0.05) is 6.07 Å². The first-order valence-electron chi connectivity index (χ1n) is 5.56. The number of rotatable bonds is 3. The van der Waals surface area contributed by atoms with Gasteiger partial charge in [0.05, 0.1) is 5.69 Å². The Balaban J connectivity index is 2.73. The average molecular weight is 259 g/mol. The molecule has 0 atom stereocenters. The van der Waals surface area contributed by atoms with Gasteiger partial charge in [0.25, 0.3) is 5.56 Å². The molecule has 1 amide bonds. The predicted molar refractivity (Wildman–Crippen MR) is 72.5 cm³/mol. The van der Waals surface area contributed by atoms with Crippen molar-refractivity contribution in [2.45, 2.75) is 6.92 Å². The molecule has 19 heavy (non-hydrogen) atoms. The Morgan fingerprint density at radius 3 is 2.74 bits per heavy atom. The van der Waals surface area contributed by atoms with Gasteiger partial charge in [-0.2, -0.15) is 0 Å². The molecular formula is C13H13N3O3. The number of pyridine rings is 1. The van der Waals surface area contributed by atoms with E-state index in [0.29, 0.717) is 23.3 Å². The van der Waals surface area contributed by atoms with Crippen LogP contribution in [0.1, 0.15) is 5.56 Å². The van der Waals surface area contributed by atoms with E-state index < -0.39 is 5.56 Å². The Hall–Kier alpha value is -2.76. The van der Waals surface area contributed by atoms with Crippen LogP contribution in [-0.4, -0.2) is 16.1 Å². The molecule has 4 N–H and O–H groups in total. The lowest BCUT2D eigenvalue weighted by molar-refractivity contribution is -0.105. The monoisotopic (exact) mass is 259 g/mol. The van der Waals surface area contributed by atoms with E-state index >= 15 is 0 Å². The largest absolute Gasteiger partial charge is 0.493 e. The zero-order chi connectivity index (χ0) is 14.0. The second-order valence-electron chi connectivity index (χ2n) is 4.06. The molecule has 0 saturated heterocycles. The van der Waals surface area contributed by atoms with Crippen molar-refractivity contribution in [3.63, 3.8) is 0 Å². The van der Waals surface area contributed by atoms with E-state index in [1.54, 1.807) is 31.2 Å². The molecule has 0 spiro atoms. The van der Waals surface area contributed by atoms with Crippen molar-refractivity contribution in [3.8, 4) is 11.6 Å². The second kappa shape index (κ2) is 4.85. The van der Waals surface area contributed by atoms with Crippen LogP contribution in [0.5, 0.6) is 5.88 Å². The summed E-state index contributed by atoms with van der Waals surface area (Å²) in [7, 11) is 0. The first kappa shape index (κ1) is 12.7. The molecule has 6 nitrogen and oxygen atoms in total. The smallest absolute Gasteiger partial charge is 0.258 e. The lowest BCUT2D eigenvalue weighted by Crippen LogP contribution is -2.19. The summed E-state index contributed by atoms with van der Waals surface area (Å²) < 4.78 is 1.08. The van der Waals surface area contributed by atoms with Crippen molar-refractivity contribution < 1.29 is 9.90 Å². The van der Waals surface area contributed by atoms with Crippen LogP contribution >= 0.6 is 0 Å². The number of aryl methyl sites for hydroxylation is 1. The van der Waals surface area contributed by atoms with Gasteiger partial charge in [-0.3, -0.25) is 9.59 Å². The number of amides is 1. The van der Waals surface area contributed by atoms with Crippen molar-refractivity contribution in [1.82, 2.24) is 4.57 Å². The minimum Gasteiger partial charge on any atom is -0.493 e. The van der Waals surface area contributed by atoms with Crippen molar-refractivity contribution in [1.29, 1.82) is 0 Å². The van der Waals surface area contributed by atoms with Gasteiger partial charge in [0.15, 0.2) is 0 Å². The molecule has 0 fully saturated rings. The summed E-state index contributed by atoms with van der Waals surface area (Å²) in [5.41, 5.74) is 6.82. The van der Waals surface area contributed by atoms with Crippen molar-refractivity contribution >= 4 is 17.8 Å². The zero-order valence-electron chi connectivity index (χ0n) is 10.3. The Bertz CT molecular complexity index is 692. The summed E-state index contributed by atoms with van der Waals surface area (Å²) in [6.07, 6.45) is 0.441. The van der Waals surface area contributed by atoms with Crippen molar-refractivity contribution in [2.24, 2.45) is 0 Å². The molecule has 6 heteroatoms. The number of carbonyl (C=O) groups excluding carboxylic acids is 1. The van der Waals surface area contributed by atoms with E-state index in [0.717, 1.165) is 4.57 Å². The SMILES string of the molecule is Cc1cc(=O)n(-c2cccc(N)c2)c(O)c1NC=O. The number of nitrogen functional groups attached to an aromatic ring is 1. The molecule has 1 aromatic carbocycles. The second-order valence-corrected chi connectivity index (χ2v) is 4.06. The zero-order valence-corrected chi connectivity index (χ0v) is 10.3. The molecule has 0 aliphatic heterocycles. The molecule has 0 bridgehead atoms. The Morgan fingerprint density at radius 2 is 2.11 bits per heavy atom. The fourth-order valence-electron chi connectivity index (χ4n) is 1.87. The Morgan fingerprint density at radius 1 is 1.37 bits per heavy atom. The molecule has 2 rings (SSSR count). The number of hydrogen-bond acceptors (Lipinski definition) is 4. The summed E-state index contributed by atoms with van der Waals surface area (Å²) >= 11 is 0. The summed E-state index contributed by atoms with van der Waals surface area (Å²) in [6, 6.07) is 7.86. The summed E-state index contributed by atoms with van der Waals surface area (Å²) in [5, 5.41) is 12.5. The fraction of sp³-hybridized carbons (Fsp3) is 0.0769. The summed E-state index contributed by atoms with van der Waals surface area (Å²) in [4.78, 5) is 22.5. The van der Waals surface area contributed by atoms with Crippen LogP contribution in [0.4, 0.5) is 11.4 Å². The molecule has 98 valence electrons. The molecule has 0 aliphatic carbocycles. The molecular weight excluding hydrogens is 246 g/mol.